The average Bonchev–Trinajstić information content (AvgIpc) is 2.19. The van der Waals surface area contributed by atoms with E-state index in [2.05, 4.69) is 18.3 Å². The van der Waals surface area contributed by atoms with Crippen molar-refractivity contribution in [1.29, 1.82) is 0 Å². The summed E-state index contributed by atoms with van der Waals surface area (Å²) in [4.78, 5) is 0.742. The highest BCUT2D eigenvalue weighted by molar-refractivity contribution is 7.90. The maximum Gasteiger partial charge on any atom is 0.171 e. The van der Waals surface area contributed by atoms with Crippen molar-refractivity contribution in [2.75, 3.05) is 12.8 Å². The van der Waals surface area contributed by atoms with Crippen LogP contribution in [0.4, 0.5) is 0 Å². The van der Waals surface area contributed by atoms with Crippen LogP contribution in [-0.4, -0.2) is 17.4 Å². The van der Waals surface area contributed by atoms with Crippen LogP contribution in [-0.2, 0) is 17.7 Å². The SMILES string of the molecule is CC1CNCc2c1ccc([S+](C)[O-])c2Cl. The van der Waals surface area contributed by atoms with Gasteiger partial charge in [-0.1, -0.05) is 24.6 Å². The lowest BCUT2D eigenvalue weighted by atomic mass is 9.92. The van der Waals surface area contributed by atoms with E-state index in [1.807, 2.05) is 6.07 Å². The lowest BCUT2D eigenvalue weighted by Gasteiger charge is -2.25. The van der Waals surface area contributed by atoms with Crippen molar-refractivity contribution in [3.05, 3.63) is 28.3 Å². The Hall–Kier alpha value is -0.220. The van der Waals surface area contributed by atoms with Crippen LogP contribution in [0.2, 0.25) is 5.02 Å². The van der Waals surface area contributed by atoms with E-state index in [1.54, 1.807) is 6.26 Å². The molecule has 2 nitrogen and oxygen atoms in total. The highest BCUT2D eigenvalue weighted by Gasteiger charge is 2.22. The summed E-state index contributed by atoms with van der Waals surface area (Å²) in [7, 11) is 0. The molecule has 0 saturated heterocycles. The molecule has 0 amide bonds. The molecule has 1 heterocycles. The van der Waals surface area contributed by atoms with Crippen molar-refractivity contribution in [2.45, 2.75) is 24.3 Å². The lowest BCUT2D eigenvalue weighted by Crippen LogP contribution is -2.27. The molecular weight excluding hydrogens is 230 g/mol. The maximum atomic E-state index is 11.4. The largest absolute Gasteiger partial charge is 0.612 e. The molecule has 1 N–H and O–H groups in total. The molecule has 0 aromatic heterocycles. The molecule has 4 heteroatoms. The predicted molar refractivity (Wildman–Crippen MR) is 63.9 cm³/mol. The van der Waals surface area contributed by atoms with Gasteiger partial charge in [0, 0.05) is 13.1 Å². The third-order valence-corrected chi connectivity index (χ3v) is 4.34. The van der Waals surface area contributed by atoms with E-state index in [9.17, 15) is 4.55 Å². The summed E-state index contributed by atoms with van der Waals surface area (Å²) in [6.45, 7) is 3.94. The molecule has 1 aliphatic rings. The Bertz CT molecular complexity index is 381. The molecule has 82 valence electrons. The number of rotatable bonds is 1. The van der Waals surface area contributed by atoms with E-state index in [1.165, 1.54) is 5.56 Å². The van der Waals surface area contributed by atoms with Gasteiger partial charge >= 0.3 is 0 Å². The van der Waals surface area contributed by atoms with E-state index in [-0.39, 0.29) is 0 Å². The first kappa shape index (κ1) is 11.3. The first-order chi connectivity index (χ1) is 7.11. The van der Waals surface area contributed by atoms with Gasteiger partial charge in [-0.2, -0.15) is 0 Å². The van der Waals surface area contributed by atoms with Crippen LogP contribution in [0.1, 0.15) is 24.0 Å². The zero-order valence-corrected chi connectivity index (χ0v) is 10.4. The number of fused-ring (bicyclic) bond motifs is 1. The minimum absolute atomic E-state index is 0.477. The summed E-state index contributed by atoms with van der Waals surface area (Å²) in [5, 5.41) is 3.99. The van der Waals surface area contributed by atoms with E-state index in [4.69, 9.17) is 11.6 Å². The van der Waals surface area contributed by atoms with E-state index >= 15 is 0 Å². The van der Waals surface area contributed by atoms with Crippen molar-refractivity contribution < 1.29 is 4.55 Å². The molecular formula is C11H14ClNOS. The first-order valence-electron chi connectivity index (χ1n) is 4.96. The monoisotopic (exact) mass is 243 g/mol. The average molecular weight is 244 g/mol. The normalized spacial score (nSPS) is 22.3. The van der Waals surface area contributed by atoms with E-state index < -0.39 is 11.2 Å². The Balaban J connectivity index is 2.52. The molecule has 2 unspecified atom stereocenters. The zero-order chi connectivity index (χ0) is 11.0. The molecule has 1 aliphatic heterocycles. The van der Waals surface area contributed by atoms with Crippen molar-refractivity contribution in [3.8, 4) is 0 Å². The summed E-state index contributed by atoms with van der Waals surface area (Å²) in [6, 6.07) is 3.95. The van der Waals surface area contributed by atoms with Gasteiger partial charge in [-0.3, -0.25) is 0 Å². The van der Waals surface area contributed by atoms with Gasteiger partial charge in [-0.15, -0.1) is 0 Å². The Kier molecular flexibility index (Phi) is 3.26. The van der Waals surface area contributed by atoms with Gasteiger partial charge < -0.3 is 9.87 Å². The summed E-state index contributed by atoms with van der Waals surface area (Å²) in [5.74, 6) is 0.477. The molecule has 0 aliphatic carbocycles. The minimum atomic E-state index is -1.01. The Labute approximate surface area is 98.2 Å². The van der Waals surface area contributed by atoms with E-state index in [0.29, 0.717) is 10.9 Å². The van der Waals surface area contributed by atoms with Gasteiger partial charge in [0.2, 0.25) is 0 Å². The van der Waals surface area contributed by atoms with Crippen LogP contribution in [0, 0.1) is 0 Å². The molecule has 0 radical (unpaired) electrons. The number of halogens is 1. The number of hydrogen-bond donors (Lipinski definition) is 1. The van der Waals surface area contributed by atoms with Crippen molar-refractivity contribution in [3.63, 3.8) is 0 Å². The summed E-state index contributed by atoms with van der Waals surface area (Å²) in [5.41, 5.74) is 2.40. The molecule has 1 aromatic carbocycles. The number of benzene rings is 1. The Morgan fingerprint density at radius 2 is 2.27 bits per heavy atom. The third-order valence-electron chi connectivity index (χ3n) is 2.84. The molecule has 0 fully saturated rings. The van der Waals surface area contributed by atoms with Gasteiger partial charge in [0.05, 0.1) is 0 Å². The maximum absolute atomic E-state index is 11.4. The van der Waals surface area contributed by atoms with Crippen molar-refractivity contribution in [2.24, 2.45) is 0 Å². The molecule has 2 atom stereocenters. The smallest absolute Gasteiger partial charge is 0.171 e. The van der Waals surface area contributed by atoms with Crippen LogP contribution >= 0.6 is 11.6 Å². The summed E-state index contributed by atoms with van der Waals surface area (Å²) < 4.78 is 11.4. The fraction of sp³-hybridized carbons (Fsp3) is 0.455. The first-order valence-corrected chi connectivity index (χ1v) is 6.90. The fourth-order valence-corrected chi connectivity index (χ4v) is 3.20. The lowest BCUT2D eigenvalue weighted by molar-refractivity contribution is 0.568. The summed E-state index contributed by atoms with van der Waals surface area (Å²) >= 11 is 5.24. The highest BCUT2D eigenvalue weighted by Crippen LogP contribution is 2.33. The molecule has 15 heavy (non-hydrogen) atoms. The minimum Gasteiger partial charge on any atom is -0.612 e. The second-order valence-electron chi connectivity index (χ2n) is 3.93. The molecule has 0 spiro atoms. The Morgan fingerprint density at radius 3 is 2.93 bits per heavy atom. The van der Waals surface area contributed by atoms with Crippen molar-refractivity contribution >= 4 is 22.8 Å². The Morgan fingerprint density at radius 1 is 1.53 bits per heavy atom. The van der Waals surface area contributed by atoms with Crippen LogP contribution in [0.15, 0.2) is 17.0 Å². The van der Waals surface area contributed by atoms with E-state index in [0.717, 1.165) is 23.5 Å². The number of hydrogen-bond acceptors (Lipinski definition) is 2. The highest BCUT2D eigenvalue weighted by atomic mass is 35.5. The second-order valence-corrected chi connectivity index (χ2v) is 5.66. The topological polar surface area (TPSA) is 35.1 Å². The van der Waals surface area contributed by atoms with Crippen molar-refractivity contribution in [1.82, 2.24) is 5.32 Å². The van der Waals surface area contributed by atoms with Crippen LogP contribution in [0.25, 0.3) is 0 Å². The predicted octanol–water partition coefficient (Wildman–Crippen LogP) is 2.28. The van der Waals surface area contributed by atoms with Crippen LogP contribution in [0.5, 0.6) is 0 Å². The second kappa shape index (κ2) is 4.34. The van der Waals surface area contributed by atoms with Gasteiger partial charge in [0.1, 0.15) is 11.3 Å². The van der Waals surface area contributed by atoms with Gasteiger partial charge in [0.25, 0.3) is 0 Å². The quantitative estimate of drug-likeness (QED) is 0.769. The zero-order valence-electron chi connectivity index (χ0n) is 8.84. The molecule has 2 rings (SSSR count). The number of nitrogens with one attached hydrogen (secondary N) is 1. The fourth-order valence-electron chi connectivity index (χ4n) is 2.00. The molecule has 1 aromatic rings. The molecule has 0 bridgehead atoms. The summed E-state index contributed by atoms with van der Waals surface area (Å²) in [6.07, 6.45) is 1.66. The van der Waals surface area contributed by atoms with Gasteiger partial charge in [-0.05, 0) is 34.3 Å². The van der Waals surface area contributed by atoms with Gasteiger partial charge in [0.15, 0.2) is 4.90 Å². The molecule has 0 saturated carbocycles. The third kappa shape index (κ3) is 2.02. The van der Waals surface area contributed by atoms with Crippen LogP contribution in [0.3, 0.4) is 0 Å². The van der Waals surface area contributed by atoms with Gasteiger partial charge in [-0.25, -0.2) is 0 Å². The van der Waals surface area contributed by atoms with Crippen LogP contribution < -0.4 is 5.32 Å². The standard InChI is InChI=1S/C11H14ClNOS/c1-7-5-13-6-9-8(7)3-4-10(11(9)12)15(2)14/h3-4,7,13H,5-6H2,1-2H3.